The summed E-state index contributed by atoms with van der Waals surface area (Å²) in [6.45, 7) is 13.9. The van der Waals surface area contributed by atoms with Gasteiger partial charge in [-0.05, 0) is 67.3 Å². The predicted octanol–water partition coefficient (Wildman–Crippen LogP) is 9.02. The quantitative estimate of drug-likeness (QED) is 0.254. The van der Waals surface area contributed by atoms with Crippen molar-refractivity contribution in [2.24, 2.45) is 11.3 Å². The van der Waals surface area contributed by atoms with Crippen LogP contribution in [0.2, 0.25) is 5.02 Å². The molecule has 0 saturated heterocycles. The number of rotatable bonds is 10. The second kappa shape index (κ2) is 17.7. The molecule has 1 fully saturated rings. The van der Waals surface area contributed by atoms with Gasteiger partial charge in [-0.25, -0.2) is 14.0 Å². The fraction of sp³-hybridized carbons (Fsp3) is 0.548. The Hall–Kier alpha value is -3.07. The molecule has 0 radical (unpaired) electrons. The number of alkyl halides is 1. The van der Waals surface area contributed by atoms with Crippen LogP contribution in [0.3, 0.4) is 0 Å². The summed E-state index contributed by atoms with van der Waals surface area (Å²) in [7, 11) is 0. The van der Waals surface area contributed by atoms with Crippen LogP contribution in [0.25, 0.3) is 0 Å². The van der Waals surface area contributed by atoms with Gasteiger partial charge in [0.2, 0.25) is 0 Å². The molecule has 7 nitrogen and oxygen atoms in total. The highest BCUT2D eigenvalue weighted by molar-refractivity contribution is 6.30. The van der Waals surface area contributed by atoms with E-state index < -0.39 is 24.4 Å². The summed E-state index contributed by atoms with van der Waals surface area (Å²) in [5.41, 5.74) is 0.739. The average molecular weight is 598 g/mol. The van der Waals surface area contributed by atoms with E-state index in [1.807, 2.05) is 34.6 Å². The minimum absolute atomic E-state index is 0.0430. The van der Waals surface area contributed by atoms with Crippen molar-refractivity contribution in [3.8, 4) is 5.75 Å². The number of amides is 2. The first-order valence-electron chi connectivity index (χ1n) is 14.3. The number of hydrogen-bond donors (Lipinski definition) is 3. The zero-order valence-electron chi connectivity index (χ0n) is 25.3. The summed E-state index contributed by atoms with van der Waals surface area (Å²) in [6, 6.07) is 8.35. The highest BCUT2D eigenvalue weighted by Gasteiger charge is 2.34. The van der Waals surface area contributed by atoms with Crippen molar-refractivity contribution in [2.75, 3.05) is 35.4 Å². The summed E-state index contributed by atoms with van der Waals surface area (Å²) in [4.78, 5) is 26.1. The number of carboxylic acid groups (broad SMARTS) is 1. The highest BCUT2D eigenvalue weighted by atomic mass is 35.5. The first-order chi connectivity index (χ1) is 19.5. The van der Waals surface area contributed by atoms with Crippen LogP contribution >= 0.6 is 11.6 Å². The molecule has 1 saturated carbocycles. The zero-order valence-corrected chi connectivity index (χ0v) is 26.1. The third kappa shape index (κ3) is 11.4. The van der Waals surface area contributed by atoms with E-state index in [-0.39, 0.29) is 34.6 Å². The number of nitrogens with one attached hydrogen (secondary N) is 2. The number of nitrogens with zero attached hydrogens (tertiary/aromatic N) is 1. The van der Waals surface area contributed by atoms with E-state index in [9.17, 15) is 18.4 Å². The molecule has 41 heavy (non-hydrogen) atoms. The monoisotopic (exact) mass is 597 g/mol. The lowest BCUT2D eigenvalue weighted by molar-refractivity contribution is -0.139. The Morgan fingerprint density at radius 2 is 1.68 bits per heavy atom. The summed E-state index contributed by atoms with van der Waals surface area (Å²) in [5.74, 6) is -1.26. The smallest absolute Gasteiger partial charge is 0.341 e. The fourth-order valence-electron chi connectivity index (χ4n) is 4.55. The van der Waals surface area contributed by atoms with Crippen LogP contribution in [-0.2, 0) is 4.79 Å². The topological polar surface area (TPSA) is 90.9 Å². The number of aliphatic carboxylic acids is 1. The van der Waals surface area contributed by atoms with Crippen molar-refractivity contribution in [2.45, 2.75) is 80.2 Å². The number of ether oxygens (including phenoxy) is 1. The van der Waals surface area contributed by atoms with Crippen LogP contribution in [-0.4, -0.2) is 43.0 Å². The van der Waals surface area contributed by atoms with Crippen LogP contribution < -0.4 is 20.3 Å². The number of carboxylic acids is 1. The van der Waals surface area contributed by atoms with Crippen LogP contribution in [0, 0.1) is 17.2 Å². The summed E-state index contributed by atoms with van der Waals surface area (Å²) >= 11 is 5.80. The van der Waals surface area contributed by atoms with Gasteiger partial charge >= 0.3 is 12.0 Å². The Morgan fingerprint density at radius 3 is 2.22 bits per heavy atom. The number of carbonyl (C=O) groups excluding carboxylic acids is 1. The summed E-state index contributed by atoms with van der Waals surface area (Å²) in [5, 5.41) is 14.4. The van der Waals surface area contributed by atoms with Crippen molar-refractivity contribution in [1.82, 2.24) is 0 Å². The lowest BCUT2D eigenvalue weighted by Crippen LogP contribution is -2.43. The van der Waals surface area contributed by atoms with Gasteiger partial charge in [0.25, 0.3) is 0 Å². The van der Waals surface area contributed by atoms with Gasteiger partial charge in [-0.3, -0.25) is 4.39 Å². The Bertz CT molecular complexity index is 1110. The number of urea groups is 1. The van der Waals surface area contributed by atoms with Crippen molar-refractivity contribution >= 4 is 40.7 Å². The molecule has 0 aromatic heterocycles. The number of carbonyl (C=O) groups is 2. The second-order valence-corrected chi connectivity index (χ2v) is 10.7. The molecule has 3 N–H and O–H groups in total. The van der Waals surface area contributed by atoms with E-state index in [0.29, 0.717) is 18.2 Å². The largest absolute Gasteiger partial charge is 0.482 e. The molecule has 0 atom stereocenters. The fourth-order valence-corrected chi connectivity index (χ4v) is 4.71. The van der Waals surface area contributed by atoms with Crippen molar-refractivity contribution in [3.63, 3.8) is 0 Å². The van der Waals surface area contributed by atoms with Gasteiger partial charge in [-0.2, -0.15) is 0 Å². The van der Waals surface area contributed by atoms with Gasteiger partial charge in [0, 0.05) is 23.7 Å². The number of hydrogen-bond acceptors (Lipinski definition) is 4. The molecule has 0 bridgehead atoms. The molecule has 2 aromatic carbocycles. The Balaban J connectivity index is 0.00000201. The Kier molecular flexibility index (Phi) is 15.5. The zero-order chi connectivity index (χ0) is 31.2. The Morgan fingerprint density at radius 1 is 1.07 bits per heavy atom. The standard InChI is InChI=1S/C27H34ClF2N3O4.2C2H6/c1-17(2)14-33(19-8-10-27(3,16-29)11-9-19)24-7-5-20(37-15-25(34)35)13-23(24)32-26(36)31-22-6-4-18(28)12-21(22)30;2*1-2/h4-7,12-13,17,19H,8-11,14-16H2,1-3H3,(H,34,35)(H2,31,32,36);2*1-2H3. The van der Waals surface area contributed by atoms with Gasteiger partial charge in [0.05, 0.1) is 23.7 Å². The molecule has 2 aromatic rings. The lowest BCUT2D eigenvalue weighted by atomic mass is 9.74. The lowest BCUT2D eigenvalue weighted by Gasteiger charge is -2.43. The van der Waals surface area contributed by atoms with Crippen LogP contribution in [0.15, 0.2) is 36.4 Å². The van der Waals surface area contributed by atoms with E-state index in [1.165, 1.54) is 12.1 Å². The predicted molar refractivity (Wildman–Crippen MR) is 165 cm³/mol. The van der Waals surface area contributed by atoms with Gasteiger partial charge in [0.15, 0.2) is 6.61 Å². The van der Waals surface area contributed by atoms with E-state index in [2.05, 4.69) is 29.4 Å². The third-order valence-corrected chi connectivity index (χ3v) is 6.79. The van der Waals surface area contributed by atoms with Gasteiger partial charge in [0.1, 0.15) is 11.6 Å². The molecule has 10 heteroatoms. The van der Waals surface area contributed by atoms with Crippen LogP contribution in [0.4, 0.5) is 30.6 Å². The average Bonchev–Trinajstić information content (AvgIpc) is 2.95. The minimum Gasteiger partial charge on any atom is -0.482 e. The summed E-state index contributed by atoms with van der Waals surface area (Å²) in [6.07, 6.45) is 3.10. The SMILES string of the molecule is CC.CC.CC(C)CN(c1ccc(OCC(=O)O)cc1NC(=O)Nc1ccc(Cl)cc1F)C1CCC(C)(CF)CC1. The first-order valence-corrected chi connectivity index (χ1v) is 14.7. The highest BCUT2D eigenvalue weighted by Crippen LogP contribution is 2.41. The molecule has 3 rings (SSSR count). The van der Waals surface area contributed by atoms with Crippen LogP contribution in [0.5, 0.6) is 5.75 Å². The molecule has 2 amide bonds. The van der Waals surface area contributed by atoms with E-state index in [4.69, 9.17) is 21.4 Å². The molecule has 0 heterocycles. The van der Waals surface area contributed by atoms with Crippen molar-refractivity contribution in [3.05, 3.63) is 47.2 Å². The maximum atomic E-state index is 14.2. The number of anilines is 3. The number of halogens is 3. The first kappa shape index (κ1) is 36.0. The number of benzene rings is 2. The van der Waals surface area contributed by atoms with Crippen molar-refractivity contribution < 1.29 is 28.2 Å². The molecule has 0 unspecified atom stereocenters. The van der Waals surface area contributed by atoms with E-state index in [1.54, 1.807) is 18.2 Å². The molecule has 230 valence electrons. The molecule has 1 aliphatic rings. The normalized spacial score (nSPS) is 17.8. The summed E-state index contributed by atoms with van der Waals surface area (Å²) < 4.78 is 33.2. The van der Waals surface area contributed by atoms with Gasteiger partial charge < -0.3 is 25.4 Å². The van der Waals surface area contributed by atoms with Crippen molar-refractivity contribution in [1.29, 1.82) is 0 Å². The molecule has 1 aliphatic carbocycles. The molecule has 0 aliphatic heterocycles. The Labute approximate surface area is 248 Å². The van der Waals surface area contributed by atoms with E-state index >= 15 is 0 Å². The van der Waals surface area contributed by atoms with Gasteiger partial charge in [-0.1, -0.05) is 60.1 Å². The molecule has 0 spiro atoms. The molecular weight excluding hydrogens is 552 g/mol. The second-order valence-electron chi connectivity index (χ2n) is 10.3. The van der Waals surface area contributed by atoms with Crippen LogP contribution in [0.1, 0.15) is 74.1 Å². The third-order valence-electron chi connectivity index (χ3n) is 6.55. The maximum Gasteiger partial charge on any atom is 0.341 e. The van der Waals surface area contributed by atoms with E-state index in [0.717, 1.165) is 37.4 Å². The molecular formula is C31H46ClF2N3O4. The maximum absolute atomic E-state index is 14.2. The van der Waals surface area contributed by atoms with Gasteiger partial charge in [-0.15, -0.1) is 0 Å². The minimum atomic E-state index is -1.13.